The zero-order chi connectivity index (χ0) is 16.2. The Bertz CT molecular complexity index is 574. The van der Waals surface area contributed by atoms with Gasteiger partial charge < -0.3 is 9.47 Å². The van der Waals surface area contributed by atoms with Crippen molar-refractivity contribution in [3.8, 4) is 5.75 Å². The third kappa shape index (κ3) is 3.37. The summed E-state index contributed by atoms with van der Waals surface area (Å²) in [5.41, 5.74) is -0.198. The van der Waals surface area contributed by atoms with E-state index in [9.17, 15) is 9.00 Å². The summed E-state index contributed by atoms with van der Waals surface area (Å²) in [6.45, 7) is 5.60. The summed E-state index contributed by atoms with van der Waals surface area (Å²) >= 11 is -1.69. The fraction of sp³-hybridized carbons (Fsp3) is 0.400. The number of hydrogen-bond acceptors (Lipinski definition) is 5. The van der Waals surface area contributed by atoms with E-state index >= 15 is 0 Å². The Hall–Kier alpha value is -1.70. The second-order valence-electron chi connectivity index (χ2n) is 5.02. The van der Waals surface area contributed by atoms with Gasteiger partial charge in [0.2, 0.25) is 11.3 Å². The molecule has 0 saturated carbocycles. The number of rotatable bonds is 6. The van der Waals surface area contributed by atoms with Crippen molar-refractivity contribution in [3.05, 3.63) is 42.5 Å². The maximum atomic E-state index is 12.2. The SMILES string of the molecule is C=CCOC(=O)C1(C)COS(=O)N1Cc1ccc(OC)cc1. The second kappa shape index (κ2) is 7.04. The average molecular weight is 325 g/mol. The van der Waals surface area contributed by atoms with Crippen molar-refractivity contribution in [2.75, 3.05) is 20.3 Å². The zero-order valence-electron chi connectivity index (χ0n) is 12.6. The molecule has 0 bridgehead atoms. The molecule has 2 unspecified atom stereocenters. The van der Waals surface area contributed by atoms with Gasteiger partial charge in [0.25, 0.3) is 0 Å². The summed E-state index contributed by atoms with van der Waals surface area (Å²) in [5, 5.41) is 0. The molecule has 0 spiro atoms. The van der Waals surface area contributed by atoms with Crippen molar-refractivity contribution in [1.82, 2.24) is 4.31 Å². The maximum Gasteiger partial charge on any atom is 0.330 e. The molecule has 1 aromatic carbocycles. The lowest BCUT2D eigenvalue weighted by Crippen LogP contribution is -2.50. The second-order valence-corrected chi connectivity index (χ2v) is 6.14. The van der Waals surface area contributed by atoms with E-state index < -0.39 is 22.8 Å². The van der Waals surface area contributed by atoms with E-state index in [-0.39, 0.29) is 13.2 Å². The van der Waals surface area contributed by atoms with Crippen LogP contribution in [0.5, 0.6) is 5.75 Å². The van der Waals surface area contributed by atoms with Crippen LogP contribution in [-0.2, 0) is 31.5 Å². The van der Waals surface area contributed by atoms with E-state index in [1.807, 2.05) is 24.3 Å². The van der Waals surface area contributed by atoms with Crippen LogP contribution in [0.25, 0.3) is 0 Å². The molecule has 2 rings (SSSR count). The Morgan fingerprint density at radius 3 is 2.77 bits per heavy atom. The highest BCUT2D eigenvalue weighted by Crippen LogP contribution is 2.30. The van der Waals surface area contributed by atoms with Gasteiger partial charge in [0, 0.05) is 6.54 Å². The third-order valence-electron chi connectivity index (χ3n) is 3.43. The molecular formula is C15H19NO5S. The molecule has 0 aliphatic carbocycles. The first-order valence-corrected chi connectivity index (χ1v) is 7.78. The van der Waals surface area contributed by atoms with Gasteiger partial charge in [-0.15, -0.1) is 0 Å². The van der Waals surface area contributed by atoms with Gasteiger partial charge in [0.1, 0.15) is 12.4 Å². The predicted molar refractivity (Wildman–Crippen MR) is 82.2 cm³/mol. The highest BCUT2D eigenvalue weighted by molar-refractivity contribution is 7.78. The molecule has 1 fully saturated rings. The van der Waals surface area contributed by atoms with Gasteiger partial charge in [-0.3, -0.25) is 4.18 Å². The molecule has 0 aromatic heterocycles. The van der Waals surface area contributed by atoms with E-state index in [0.717, 1.165) is 11.3 Å². The first-order chi connectivity index (χ1) is 10.5. The van der Waals surface area contributed by atoms with E-state index in [4.69, 9.17) is 13.7 Å². The monoisotopic (exact) mass is 325 g/mol. The average Bonchev–Trinajstić information content (AvgIpc) is 2.83. The molecule has 1 aliphatic rings. The molecule has 1 saturated heterocycles. The number of benzene rings is 1. The first-order valence-electron chi connectivity index (χ1n) is 6.75. The third-order valence-corrected chi connectivity index (χ3v) is 4.64. The standard InChI is InChI=1S/C15H19NO5S/c1-4-9-20-14(17)15(2)11-21-22(18)16(15)10-12-5-7-13(19-3)8-6-12/h4-8H,1,9-11H2,2-3H3. The highest BCUT2D eigenvalue weighted by Gasteiger charge is 2.50. The van der Waals surface area contributed by atoms with Crippen LogP contribution in [-0.4, -0.2) is 40.3 Å². The summed E-state index contributed by atoms with van der Waals surface area (Å²) in [6, 6.07) is 7.32. The molecule has 0 radical (unpaired) electrons. The van der Waals surface area contributed by atoms with Gasteiger partial charge in [-0.2, -0.15) is 4.31 Å². The molecular weight excluding hydrogens is 306 g/mol. The molecule has 7 heteroatoms. The van der Waals surface area contributed by atoms with Gasteiger partial charge in [-0.1, -0.05) is 24.8 Å². The van der Waals surface area contributed by atoms with Crippen molar-refractivity contribution in [2.45, 2.75) is 19.0 Å². The Kier molecular flexibility index (Phi) is 5.33. The van der Waals surface area contributed by atoms with Crippen LogP contribution in [0.15, 0.2) is 36.9 Å². The minimum Gasteiger partial charge on any atom is -0.497 e. The van der Waals surface area contributed by atoms with Crippen LogP contribution in [0, 0.1) is 0 Å². The van der Waals surface area contributed by atoms with Gasteiger partial charge in [0.05, 0.1) is 13.7 Å². The lowest BCUT2D eigenvalue weighted by molar-refractivity contribution is -0.153. The topological polar surface area (TPSA) is 65.1 Å². The van der Waals surface area contributed by atoms with E-state index in [2.05, 4.69) is 6.58 Å². The minimum atomic E-state index is -1.69. The Labute approximate surface area is 132 Å². The van der Waals surface area contributed by atoms with Gasteiger partial charge >= 0.3 is 5.97 Å². The maximum absolute atomic E-state index is 12.2. The van der Waals surface area contributed by atoms with E-state index in [1.54, 1.807) is 14.0 Å². The van der Waals surface area contributed by atoms with Crippen molar-refractivity contribution in [2.24, 2.45) is 0 Å². The summed E-state index contributed by atoms with van der Waals surface area (Å²) in [4.78, 5) is 12.2. The molecule has 120 valence electrons. The van der Waals surface area contributed by atoms with Crippen LogP contribution in [0.4, 0.5) is 0 Å². The first kappa shape index (κ1) is 16.7. The van der Waals surface area contributed by atoms with Gasteiger partial charge in [0.15, 0.2) is 5.54 Å². The summed E-state index contributed by atoms with van der Waals surface area (Å²) < 4.78 is 28.9. The van der Waals surface area contributed by atoms with Crippen LogP contribution in [0.1, 0.15) is 12.5 Å². The molecule has 0 N–H and O–H groups in total. The Morgan fingerprint density at radius 1 is 1.50 bits per heavy atom. The number of ether oxygens (including phenoxy) is 2. The Morgan fingerprint density at radius 2 is 2.18 bits per heavy atom. The summed E-state index contributed by atoms with van der Waals surface area (Å²) in [6.07, 6.45) is 1.49. The quantitative estimate of drug-likeness (QED) is 0.587. The van der Waals surface area contributed by atoms with Gasteiger partial charge in [-0.05, 0) is 24.6 Å². The largest absolute Gasteiger partial charge is 0.497 e. The van der Waals surface area contributed by atoms with Crippen molar-refractivity contribution in [3.63, 3.8) is 0 Å². The van der Waals surface area contributed by atoms with Crippen LogP contribution in [0.2, 0.25) is 0 Å². The van der Waals surface area contributed by atoms with Crippen LogP contribution >= 0.6 is 0 Å². The number of esters is 1. The van der Waals surface area contributed by atoms with Crippen molar-refractivity contribution < 1.29 is 22.7 Å². The minimum absolute atomic E-state index is 0.0196. The molecule has 1 aliphatic heterocycles. The fourth-order valence-electron chi connectivity index (χ4n) is 2.04. The lowest BCUT2D eigenvalue weighted by atomic mass is 10.0. The summed E-state index contributed by atoms with van der Waals surface area (Å²) in [7, 11) is 1.59. The molecule has 1 aromatic rings. The molecule has 2 atom stereocenters. The molecule has 1 heterocycles. The highest BCUT2D eigenvalue weighted by atomic mass is 32.2. The molecule has 22 heavy (non-hydrogen) atoms. The normalized spacial score (nSPS) is 24.9. The van der Waals surface area contributed by atoms with Gasteiger partial charge in [-0.25, -0.2) is 9.00 Å². The molecule has 6 nitrogen and oxygen atoms in total. The Balaban J connectivity index is 2.16. The van der Waals surface area contributed by atoms with E-state index in [0.29, 0.717) is 6.54 Å². The lowest BCUT2D eigenvalue weighted by Gasteiger charge is -2.28. The number of carbonyl (C=O) groups excluding carboxylic acids is 1. The summed E-state index contributed by atoms with van der Waals surface area (Å²) in [5.74, 6) is 0.252. The zero-order valence-corrected chi connectivity index (χ0v) is 13.4. The number of methoxy groups -OCH3 is 1. The number of carbonyl (C=O) groups is 1. The van der Waals surface area contributed by atoms with Crippen molar-refractivity contribution >= 4 is 17.2 Å². The number of hydrogen-bond donors (Lipinski definition) is 0. The number of nitrogens with zero attached hydrogens (tertiary/aromatic N) is 1. The van der Waals surface area contributed by atoms with E-state index in [1.165, 1.54) is 10.4 Å². The van der Waals surface area contributed by atoms with Crippen LogP contribution in [0.3, 0.4) is 0 Å². The molecule has 0 amide bonds. The van der Waals surface area contributed by atoms with Crippen molar-refractivity contribution in [1.29, 1.82) is 0 Å². The fourth-order valence-corrected chi connectivity index (χ4v) is 3.21. The smallest absolute Gasteiger partial charge is 0.330 e. The predicted octanol–water partition coefficient (Wildman–Crippen LogP) is 1.59. The van der Waals surface area contributed by atoms with Crippen LogP contribution < -0.4 is 4.74 Å².